The van der Waals surface area contributed by atoms with Crippen molar-refractivity contribution >= 4 is 34.7 Å². The third-order valence-corrected chi connectivity index (χ3v) is 3.63. The van der Waals surface area contributed by atoms with Crippen LogP contribution in [-0.4, -0.2) is 46.4 Å². The second-order valence-electron chi connectivity index (χ2n) is 4.61. The van der Waals surface area contributed by atoms with E-state index in [9.17, 15) is 0 Å². The molecule has 0 amide bonds. The average molecular weight is 319 g/mol. The predicted octanol–water partition coefficient (Wildman–Crippen LogP) is 2.89. The molecule has 0 unspecified atom stereocenters. The molecular formula is C14H30N4S2. The quantitative estimate of drug-likeness (QED) is 0.406. The van der Waals surface area contributed by atoms with Crippen molar-refractivity contribution < 1.29 is 0 Å². The molecule has 6 heteroatoms. The minimum absolute atomic E-state index is 0.741. The smallest absolute Gasteiger partial charge is 0.188 e. The standard InChI is InChI=1S/C14H30N4S2/c1-5-9-11-16-14(20)18(12-10-6-2)17(8-4)13(19)15-7-3/h5-12H2,1-4H3,(H,15,19)(H,16,20). The van der Waals surface area contributed by atoms with E-state index in [1.807, 2.05) is 6.92 Å². The Morgan fingerprint density at radius 2 is 1.45 bits per heavy atom. The number of nitrogens with one attached hydrogen (secondary N) is 2. The van der Waals surface area contributed by atoms with Gasteiger partial charge in [0, 0.05) is 26.2 Å². The summed E-state index contributed by atoms with van der Waals surface area (Å²) in [6.45, 7) is 12.0. The van der Waals surface area contributed by atoms with E-state index < -0.39 is 0 Å². The number of rotatable bonds is 8. The van der Waals surface area contributed by atoms with E-state index in [0.29, 0.717) is 0 Å². The molecule has 0 aliphatic carbocycles. The van der Waals surface area contributed by atoms with E-state index in [-0.39, 0.29) is 0 Å². The Hall–Kier alpha value is -0.620. The number of hydrazine groups is 1. The molecule has 0 fully saturated rings. The monoisotopic (exact) mass is 318 g/mol. The molecule has 0 aromatic heterocycles. The van der Waals surface area contributed by atoms with Crippen LogP contribution in [0.5, 0.6) is 0 Å². The summed E-state index contributed by atoms with van der Waals surface area (Å²) >= 11 is 11.0. The molecule has 0 saturated carbocycles. The number of hydrogen-bond acceptors (Lipinski definition) is 2. The van der Waals surface area contributed by atoms with Crippen molar-refractivity contribution in [1.82, 2.24) is 20.7 Å². The average Bonchev–Trinajstić information content (AvgIpc) is 2.43. The van der Waals surface area contributed by atoms with E-state index in [0.717, 1.165) is 62.1 Å². The van der Waals surface area contributed by atoms with Crippen LogP contribution in [0, 0.1) is 0 Å². The van der Waals surface area contributed by atoms with Gasteiger partial charge in [-0.2, -0.15) is 0 Å². The first-order valence-electron chi connectivity index (χ1n) is 7.72. The van der Waals surface area contributed by atoms with E-state index in [1.54, 1.807) is 0 Å². The molecule has 0 radical (unpaired) electrons. The van der Waals surface area contributed by atoms with Gasteiger partial charge in [0.05, 0.1) is 0 Å². The molecule has 0 bridgehead atoms. The van der Waals surface area contributed by atoms with E-state index in [2.05, 4.69) is 41.4 Å². The predicted molar refractivity (Wildman–Crippen MR) is 95.8 cm³/mol. The van der Waals surface area contributed by atoms with Crippen molar-refractivity contribution in [3.8, 4) is 0 Å². The summed E-state index contributed by atoms with van der Waals surface area (Å²) in [5.74, 6) is 0. The van der Waals surface area contributed by atoms with Gasteiger partial charge in [0.25, 0.3) is 0 Å². The molecule has 0 heterocycles. The van der Waals surface area contributed by atoms with Gasteiger partial charge < -0.3 is 10.6 Å². The zero-order valence-corrected chi connectivity index (χ0v) is 15.0. The van der Waals surface area contributed by atoms with Crippen LogP contribution >= 0.6 is 24.4 Å². The third kappa shape index (κ3) is 7.24. The SMILES string of the molecule is CCCCNC(=S)N(CCCC)N(CC)C(=S)NCC. The highest BCUT2D eigenvalue weighted by molar-refractivity contribution is 7.80. The lowest BCUT2D eigenvalue weighted by molar-refractivity contribution is 0.133. The van der Waals surface area contributed by atoms with Crippen molar-refractivity contribution in [3.05, 3.63) is 0 Å². The van der Waals surface area contributed by atoms with E-state index in [1.165, 1.54) is 0 Å². The van der Waals surface area contributed by atoms with Crippen molar-refractivity contribution in [2.45, 2.75) is 53.4 Å². The molecule has 0 spiro atoms. The minimum atomic E-state index is 0.741. The van der Waals surface area contributed by atoms with Gasteiger partial charge in [-0.1, -0.05) is 26.7 Å². The first-order valence-corrected chi connectivity index (χ1v) is 8.54. The van der Waals surface area contributed by atoms with Gasteiger partial charge in [-0.3, -0.25) is 10.0 Å². The van der Waals surface area contributed by atoms with Crippen LogP contribution in [0.4, 0.5) is 0 Å². The Balaban J connectivity index is 4.71. The topological polar surface area (TPSA) is 30.5 Å². The van der Waals surface area contributed by atoms with Crippen molar-refractivity contribution in [3.63, 3.8) is 0 Å². The summed E-state index contributed by atoms with van der Waals surface area (Å²) in [4.78, 5) is 0. The van der Waals surface area contributed by atoms with Crippen LogP contribution < -0.4 is 10.6 Å². The summed E-state index contributed by atoms with van der Waals surface area (Å²) in [7, 11) is 0. The van der Waals surface area contributed by atoms with Crippen LogP contribution in [0.3, 0.4) is 0 Å². The van der Waals surface area contributed by atoms with Gasteiger partial charge >= 0.3 is 0 Å². The van der Waals surface area contributed by atoms with Crippen LogP contribution in [0.2, 0.25) is 0 Å². The van der Waals surface area contributed by atoms with Gasteiger partial charge in [0.2, 0.25) is 0 Å². The highest BCUT2D eigenvalue weighted by Crippen LogP contribution is 2.04. The van der Waals surface area contributed by atoms with Gasteiger partial charge in [-0.15, -0.1) is 0 Å². The Kier molecular flexibility index (Phi) is 11.8. The molecule has 118 valence electrons. The van der Waals surface area contributed by atoms with Crippen LogP contribution in [0.15, 0.2) is 0 Å². The summed E-state index contributed by atoms with van der Waals surface area (Å²) in [5.41, 5.74) is 0. The lowest BCUT2D eigenvalue weighted by atomic mass is 10.3. The molecule has 0 atom stereocenters. The van der Waals surface area contributed by atoms with E-state index in [4.69, 9.17) is 24.4 Å². The van der Waals surface area contributed by atoms with Crippen LogP contribution in [0.1, 0.15) is 53.4 Å². The maximum Gasteiger partial charge on any atom is 0.188 e. The van der Waals surface area contributed by atoms with Crippen molar-refractivity contribution in [2.75, 3.05) is 26.2 Å². The fourth-order valence-corrected chi connectivity index (χ4v) is 2.43. The normalized spacial score (nSPS) is 10.0. The first-order chi connectivity index (χ1) is 9.62. The van der Waals surface area contributed by atoms with Gasteiger partial charge in [-0.05, 0) is 51.1 Å². The summed E-state index contributed by atoms with van der Waals surface area (Å²) in [6.07, 6.45) is 4.53. The molecule has 2 N–H and O–H groups in total. The molecule has 20 heavy (non-hydrogen) atoms. The molecule has 0 rings (SSSR count). The zero-order chi connectivity index (χ0) is 15.4. The third-order valence-electron chi connectivity index (χ3n) is 2.92. The molecule has 0 aromatic carbocycles. The largest absolute Gasteiger partial charge is 0.361 e. The second kappa shape index (κ2) is 12.1. The first kappa shape index (κ1) is 19.4. The molecule has 4 nitrogen and oxygen atoms in total. The summed E-state index contributed by atoms with van der Waals surface area (Å²) in [6, 6.07) is 0. The van der Waals surface area contributed by atoms with Crippen LogP contribution in [0.25, 0.3) is 0 Å². The Bertz CT molecular complexity index is 284. The molecule has 0 aromatic rings. The Labute approximate surface area is 135 Å². The van der Waals surface area contributed by atoms with Gasteiger partial charge in [0.15, 0.2) is 10.2 Å². The number of unbranched alkanes of at least 4 members (excludes halogenated alkanes) is 2. The lowest BCUT2D eigenvalue weighted by Gasteiger charge is -2.37. The highest BCUT2D eigenvalue weighted by Gasteiger charge is 2.18. The molecule has 0 aliphatic heterocycles. The van der Waals surface area contributed by atoms with E-state index >= 15 is 0 Å². The maximum atomic E-state index is 5.53. The molecule has 0 aliphatic rings. The highest BCUT2D eigenvalue weighted by atomic mass is 32.1. The number of nitrogens with zero attached hydrogens (tertiary/aromatic N) is 2. The fourth-order valence-electron chi connectivity index (χ4n) is 1.77. The Morgan fingerprint density at radius 1 is 0.850 bits per heavy atom. The number of thiocarbonyl (C=S) groups is 2. The van der Waals surface area contributed by atoms with Crippen LogP contribution in [-0.2, 0) is 0 Å². The van der Waals surface area contributed by atoms with Gasteiger partial charge in [0.1, 0.15) is 0 Å². The molecular weight excluding hydrogens is 288 g/mol. The van der Waals surface area contributed by atoms with Crippen molar-refractivity contribution in [2.24, 2.45) is 0 Å². The zero-order valence-electron chi connectivity index (χ0n) is 13.4. The minimum Gasteiger partial charge on any atom is -0.361 e. The Morgan fingerprint density at radius 3 is 1.95 bits per heavy atom. The second-order valence-corrected chi connectivity index (χ2v) is 5.39. The maximum absolute atomic E-state index is 5.53. The fraction of sp³-hybridized carbons (Fsp3) is 0.857. The summed E-state index contributed by atoms with van der Waals surface area (Å²) < 4.78 is 0. The lowest BCUT2D eigenvalue weighted by Crippen LogP contribution is -2.56. The van der Waals surface area contributed by atoms with Gasteiger partial charge in [-0.25, -0.2) is 0 Å². The summed E-state index contributed by atoms with van der Waals surface area (Å²) in [5, 5.41) is 12.2. The molecule has 0 saturated heterocycles. The number of hydrogen-bond donors (Lipinski definition) is 2. The van der Waals surface area contributed by atoms with Crippen molar-refractivity contribution in [1.29, 1.82) is 0 Å².